The summed E-state index contributed by atoms with van der Waals surface area (Å²) < 4.78 is 15.3. The molecule has 106 valence electrons. The van der Waals surface area contributed by atoms with Gasteiger partial charge in [-0.2, -0.15) is 0 Å². The second-order valence-corrected chi connectivity index (χ2v) is 6.20. The summed E-state index contributed by atoms with van der Waals surface area (Å²) in [5.41, 5.74) is 2.15. The predicted molar refractivity (Wildman–Crippen MR) is 88.4 cm³/mol. The Bertz CT molecular complexity index is 586. The number of nitrogens with one attached hydrogen (secondary N) is 1. The maximum Gasteiger partial charge on any atom is 0.137 e. The van der Waals surface area contributed by atoms with Crippen LogP contribution in [0, 0.1) is 5.82 Å². The Balaban J connectivity index is 2.32. The van der Waals surface area contributed by atoms with E-state index in [9.17, 15) is 4.39 Å². The SMILES string of the molecule is CCNC(Cc1ccccc1Br)c1cccc(F)c1Br. The van der Waals surface area contributed by atoms with Crippen LogP contribution in [0.5, 0.6) is 0 Å². The van der Waals surface area contributed by atoms with Crippen molar-refractivity contribution < 1.29 is 4.39 Å². The lowest BCUT2D eigenvalue weighted by atomic mass is 9.98. The minimum atomic E-state index is -0.225. The van der Waals surface area contributed by atoms with Gasteiger partial charge in [0.1, 0.15) is 5.82 Å². The Kier molecular flexibility index (Phi) is 5.75. The van der Waals surface area contributed by atoms with Gasteiger partial charge in [0.15, 0.2) is 0 Å². The first kappa shape index (κ1) is 15.7. The Morgan fingerprint density at radius 1 is 1.10 bits per heavy atom. The third-order valence-corrected chi connectivity index (χ3v) is 4.80. The van der Waals surface area contributed by atoms with Gasteiger partial charge in [-0.05, 0) is 52.2 Å². The van der Waals surface area contributed by atoms with E-state index >= 15 is 0 Å². The fraction of sp³-hybridized carbons (Fsp3) is 0.250. The highest BCUT2D eigenvalue weighted by atomic mass is 79.9. The van der Waals surface area contributed by atoms with Crippen molar-refractivity contribution in [3.05, 3.63) is 68.4 Å². The van der Waals surface area contributed by atoms with Crippen molar-refractivity contribution in [2.45, 2.75) is 19.4 Å². The Morgan fingerprint density at radius 2 is 1.85 bits per heavy atom. The molecule has 2 rings (SSSR count). The lowest BCUT2D eigenvalue weighted by Gasteiger charge is -2.20. The molecule has 0 aromatic heterocycles. The average molecular weight is 401 g/mol. The van der Waals surface area contributed by atoms with Crippen LogP contribution in [-0.2, 0) is 6.42 Å². The van der Waals surface area contributed by atoms with Crippen LogP contribution in [0.2, 0.25) is 0 Å². The molecule has 2 aromatic rings. The standard InChI is InChI=1S/C16H16Br2FN/c1-2-20-15(10-11-6-3-4-8-13(11)17)12-7-5-9-14(19)16(12)18/h3-9,15,20H,2,10H2,1H3. The van der Waals surface area contributed by atoms with Crippen LogP contribution in [0.25, 0.3) is 0 Å². The van der Waals surface area contributed by atoms with Crippen LogP contribution in [0.3, 0.4) is 0 Å². The maximum absolute atomic E-state index is 13.7. The highest BCUT2D eigenvalue weighted by Crippen LogP contribution is 2.30. The molecule has 0 fully saturated rings. The van der Waals surface area contributed by atoms with Crippen molar-refractivity contribution in [2.75, 3.05) is 6.54 Å². The van der Waals surface area contributed by atoms with E-state index < -0.39 is 0 Å². The first-order valence-electron chi connectivity index (χ1n) is 6.54. The van der Waals surface area contributed by atoms with E-state index in [-0.39, 0.29) is 11.9 Å². The monoisotopic (exact) mass is 399 g/mol. The van der Waals surface area contributed by atoms with Gasteiger partial charge >= 0.3 is 0 Å². The summed E-state index contributed by atoms with van der Waals surface area (Å²) in [6.07, 6.45) is 0.803. The molecule has 1 nitrogen and oxygen atoms in total. The van der Waals surface area contributed by atoms with Crippen LogP contribution in [0.4, 0.5) is 4.39 Å². The molecule has 0 spiro atoms. The molecule has 4 heteroatoms. The smallest absolute Gasteiger partial charge is 0.137 e. The van der Waals surface area contributed by atoms with Crippen molar-refractivity contribution in [1.29, 1.82) is 0 Å². The zero-order chi connectivity index (χ0) is 14.5. The van der Waals surface area contributed by atoms with Gasteiger partial charge in [-0.25, -0.2) is 4.39 Å². The van der Waals surface area contributed by atoms with Crippen LogP contribution in [0.15, 0.2) is 51.4 Å². The zero-order valence-corrected chi connectivity index (χ0v) is 14.3. The summed E-state index contributed by atoms with van der Waals surface area (Å²) in [4.78, 5) is 0. The van der Waals surface area contributed by atoms with E-state index in [1.807, 2.05) is 24.3 Å². The summed E-state index contributed by atoms with van der Waals surface area (Å²) in [6, 6.07) is 13.4. The number of hydrogen-bond donors (Lipinski definition) is 1. The molecule has 0 radical (unpaired) electrons. The van der Waals surface area contributed by atoms with E-state index in [0.717, 1.165) is 23.0 Å². The fourth-order valence-corrected chi connectivity index (χ4v) is 3.20. The number of rotatable bonds is 5. The van der Waals surface area contributed by atoms with E-state index in [2.05, 4.69) is 50.2 Å². The van der Waals surface area contributed by atoms with E-state index in [0.29, 0.717) is 4.47 Å². The topological polar surface area (TPSA) is 12.0 Å². The molecular formula is C16H16Br2FN. The minimum Gasteiger partial charge on any atom is -0.310 e. The Morgan fingerprint density at radius 3 is 2.55 bits per heavy atom. The number of benzene rings is 2. The van der Waals surface area contributed by atoms with Gasteiger partial charge in [0.2, 0.25) is 0 Å². The van der Waals surface area contributed by atoms with Gasteiger partial charge in [-0.15, -0.1) is 0 Å². The molecular weight excluding hydrogens is 385 g/mol. The van der Waals surface area contributed by atoms with Crippen LogP contribution >= 0.6 is 31.9 Å². The van der Waals surface area contributed by atoms with Crippen molar-refractivity contribution in [3.8, 4) is 0 Å². The highest BCUT2D eigenvalue weighted by molar-refractivity contribution is 9.10. The maximum atomic E-state index is 13.7. The van der Waals surface area contributed by atoms with Gasteiger partial charge in [0.25, 0.3) is 0 Å². The third kappa shape index (κ3) is 3.68. The normalized spacial score (nSPS) is 12.4. The number of hydrogen-bond acceptors (Lipinski definition) is 1. The summed E-state index contributed by atoms with van der Waals surface area (Å²) in [7, 11) is 0. The minimum absolute atomic E-state index is 0.0729. The molecule has 0 heterocycles. The summed E-state index contributed by atoms with van der Waals surface area (Å²) in [5, 5.41) is 3.43. The number of halogens is 3. The van der Waals surface area contributed by atoms with Gasteiger partial charge < -0.3 is 5.32 Å². The van der Waals surface area contributed by atoms with Gasteiger partial charge in [-0.1, -0.05) is 53.2 Å². The summed E-state index contributed by atoms with van der Waals surface area (Å²) in [6.45, 7) is 2.89. The molecule has 2 aromatic carbocycles. The Hall–Kier alpha value is -0.710. The third-order valence-electron chi connectivity index (χ3n) is 3.19. The van der Waals surface area contributed by atoms with Crippen LogP contribution < -0.4 is 5.32 Å². The van der Waals surface area contributed by atoms with Crippen molar-refractivity contribution in [3.63, 3.8) is 0 Å². The molecule has 0 bridgehead atoms. The van der Waals surface area contributed by atoms with E-state index in [1.165, 1.54) is 11.6 Å². The van der Waals surface area contributed by atoms with Gasteiger partial charge in [0.05, 0.1) is 4.47 Å². The Labute approximate surface area is 135 Å². The molecule has 1 atom stereocenters. The molecule has 1 N–H and O–H groups in total. The van der Waals surface area contributed by atoms with Crippen LogP contribution in [-0.4, -0.2) is 6.54 Å². The van der Waals surface area contributed by atoms with Crippen molar-refractivity contribution in [2.24, 2.45) is 0 Å². The lowest BCUT2D eigenvalue weighted by molar-refractivity contribution is 0.538. The lowest BCUT2D eigenvalue weighted by Crippen LogP contribution is -2.23. The molecule has 0 aliphatic carbocycles. The molecule has 0 saturated heterocycles. The fourth-order valence-electron chi connectivity index (χ4n) is 2.21. The molecule has 0 amide bonds. The molecule has 0 saturated carbocycles. The molecule has 0 aliphatic rings. The summed E-state index contributed by atoms with van der Waals surface area (Å²) >= 11 is 6.92. The predicted octanol–water partition coefficient (Wildman–Crippen LogP) is 5.24. The molecule has 1 unspecified atom stereocenters. The van der Waals surface area contributed by atoms with Crippen LogP contribution in [0.1, 0.15) is 24.1 Å². The van der Waals surface area contributed by atoms with Gasteiger partial charge in [-0.3, -0.25) is 0 Å². The second-order valence-electron chi connectivity index (χ2n) is 4.55. The first-order chi connectivity index (χ1) is 9.63. The highest BCUT2D eigenvalue weighted by Gasteiger charge is 2.17. The van der Waals surface area contributed by atoms with Gasteiger partial charge in [0, 0.05) is 10.5 Å². The van der Waals surface area contributed by atoms with Crippen molar-refractivity contribution in [1.82, 2.24) is 5.32 Å². The molecule has 20 heavy (non-hydrogen) atoms. The zero-order valence-electron chi connectivity index (χ0n) is 11.2. The average Bonchev–Trinajstić information content (AvgIpc) is 2.44. The molecule has 0 aliphatic heterocycles. The van der Waals surface area contributed by atoms with E-state index in [4.69, 9.17) is 0 Å². The first-order valence-corrected chi connectivity index (χ1v) is 8.12. The second kappa shape index (κ2) is 7.34. The summed E-state index contributed by atoms with van der Waals surface area (Å²) in [5.74, 6) is -0.225. The number of likely N-dealkylation sites (N-methyl/N-ethyl adjacent to an activating group) is 1. The quantitative estimate of drug-likeness (QED) is 0.723. The largest absolute Gasteiger partial charge is 0.310 e. The van der Waals surface area contributed by atoms with E-state index in [1.54, 1.807) is 6.07 Å². The van der Waals surface area contributed by atoms with Crippen molar-refractivity contribution >= 4 is 31.9 Å².